The molecule has 0 aliphatic carbocycles. The SMILES string of the molecule is Cc1ccc(-c2noc(CN3CCN(C(=O)c4cc(C)cc(C)c4)CC3)n2)cc1. The van der Waals surface area contributed by atoms with Crippen LogP contribution in [-0.2, 0) is 6.54 Å². The van der Waals surface area contributed by atoms with E-state index in [2.05, 4.69) is 28.0 Å². The van der Waals surface area contributed by atoms with Gasteiger partial charge in [0.1, 0.15) is 0 Å². The first-order chi connectivity index (χ1) is 14.0. The summed E-state index contributed by atoms with van der Waals surface area (Å²) >= 11 is 0. The lowest BCUT2D eigenvalue weighted by Gasteiger charge is -2.34. The van der Waals surface area contributed by atoms with Crippen molar-refractivity contribution in [1.82, 2.24) is 19.9 Å². The summed E-state index contributed by atoms with van der Waals surface area (Å²) in [7, 11) is 0. The summed E-state index contributed by atoms with van der Waals surface area (Å²) in [4.78, 5) is 21.5. The van der Waals surface area contributed by atoms with Gasteiger partial charge >= 0.3 is 0 Å². The highest BCUT2D eigenvalue weighted by molar-refractivity contribution is 5.94. The molecular formula is C23H26N4O2. The van der Waals surface area contributed by atoms with Gasteiger partial charge in [0.15, 0.2) is 0 Å². The van der Waals surface area contributed by atoms with E-state index in [0.717, 1.165) is 35.3 Å². The van der Waals surface area contributed by atoms with Gasteiger partial charge in [-0.25, -0.2) is 0 Å². The molecule has 29 heavy (non-hydrogen) atoms. The minimum Gasteiger partial charge on any atom is -0.338 e. The Morgan fingerprint density at radius 1 is 0.931 bits per heavy atom. The molecule has 0 unspecified atom stereocenters. The van der Waals surface area contributed by atoms with E-state index in [9.17, 15) is 4.79 Å². The average Bonchev–Trinajstić information content (AvgIpc) is 3.16. The highest BCUT2D eigenvalue weighted by Crippen LogP contribution is 2.18. The second-order valence-electron chi connectivity index (χ2n) is 7.82. The third kappa shape index (κ3) is 4.54. The summed E-state index contributed by atoms with van der Waals surface area (Å²) in [5, 5.41) is 4.10. The van der Waals surface area contributed by atoms with Crippen molar-refractivity contribution in [3.8, 4) is 11.4 Å². The molecule has 1 aromatic heterocycles. The average molecular weight is 390 g/mol. The number of hydrogen-bond donors (Lipinski definition) is 0. The first-order valence-electron chi connectivity index (χ1n) is 9.97. The number of benzene rings is 2. The predicted molar refractivity (Wildman–Crippen MR) is 112 cm³/mol. The van der Waals surface area contributed by atoms with E-state index in [-0.39, 0.29) is 5.91 Å². The molecule has 4 rings (SSSR count). The van der Waals surface area contributed by atoms with Crippen molar-refractivity contribution in [1.29, 1.82) is 0 Å². The molecule has 3 aromatic rings. The Kier molecular flexibility index (Phi) is 5.45. The number of amides is 1. The van der Waals surface area contributed by atoms with Crippen molar-refractivity contribution in [2.24, 2.45) is 0 Å². The number of nitrogens with zero attached hydrogens (tertiary/aromatic N) is 4. The number of piperazine rings is 1. The third-order valence-electron chi connectivity index (χ3n) is 5.26. The molecule has 2 heterocycles. The normalized spacial score (nSPS) is 14.9. The van der Waals surface area contributed by atoms with Crippen LogP contribution >= 0.6 is 0 Å². The van der Waals surface area contributed by atoms with E-state index in [1.807, 2.05) is 55.1 Å². The van der Waals surface area contributed by atoms with Gasteiger partial charge in [-0.1, -0.05) is 52.2 Å². The summed E-state index contributed by atoms with van der Waals surface area (Å²) in [5.74, 6) is 1.33. The van der Waals surface area contributed by atoms with Crippen LogP contribution in [0.25, 0.3) is 11.4 Å². The van der Waals surface area contributed by atoms with Crippen LogP contribution in [0.2, 0.25) is 0 Å². The van der Waals surface area contributed by atoms with Crippen molar-refractivity contribution < 1.29 is 9.32 Å². The Morgan fingerprint density at radius 3 is 2.24 bits per heavy atom. The van der Waals surface area contributed by atoms with Gasteiger partial charge in [0, 0.05) is 37.3 Å². The highest BCUT2D eigenvalue weighted by atomic mass is 16.5. The van der Waals surface area contributed by atoms with Crippen molar-refractivity contribution in [3.05, 3.63) is 70.6 Å². The zero-order valence-corrected chi connectivity index (χ0v) is 17.2. The second kappa shape index (κ2) is 8.17. The summed E-state index contributed by atoms with van der Waals surface area (Å²) in [6.07, 6.45) is 0. The monoisotopic (exact) mass is 390 g/mol. The quantitative estimate of drug-likeness (QED) is 0.681. The maximum atomic E-state index is 12.8. The van der Waals surface area contributed by atoms with E-state index in [1.165, 1.54) is 5.56 Å². The Morgan fingerprint density at radius 2 is 1.59 bits per heavy atom. The maximum Gasteiger partial charge on any atom is 0.253 e. The van der Waals surface area contributed by atoms with Crippen LogP contribution in [0.15, 0.2) is 47.0 Å². The van der Waals surface area contributed by atoms with Crippen LogP contribution in [0.5, 0.6) is 0 Å². The van der Waals surface area contributed by atoms with Gasteiger partial charge in [-0.2, -0.15) is 4.98 Å². The first-order valence-corrected chi connectivity index (χ1v) is 9.97. The van der Waals surface area contributed by atoms with Crippen LogP contribution < -0.4 is 0 Å². The lowest BCUT2D eigenvalue weighted by atomic mass is 10.1. The minimum atomic E-state index is 0.107. The van der Waals surface area contributed by atoms with Crippen LogP contribution in [-0.4, -0.2) is 52.0 Å². The van der Waals surface area contributed by atoms with Crippen LogP contribution in [0.4, 0.5) is 0 Å². The van der Waals surface area contributed by atoms with E-state index in [4.69, 9.17) is 4.52 Å². The fraction of sp³-hybridized carbons (Fsp3) is 0.348. The molecular weight excluding hydrogens is 364 g/mol. The van der Waals surface area contributed by atoms with Crippen molar-refractivity contribution in [2.45, 2.75) is 27.3 Å². The van der Waals surface area contributed by atoms with E-state index >= 15 is 0 Å². The predicted octanol–water partition coefficient (Wildman–Crippen LogP) is 3.62. The third-order valence-corrected chi connectivity index (χ3v) is 5.26. The number of carbonyl (C=O) groups is 1. The standard InChI is InChI=1S/C23H26N4O2/c1-16-4-6-19(7-5-16)22-24-21(29-25-22)15-26-8-10-27(11-9-26)23(28)20-13-17(2)12-18(3)14-20/h4-7,12-14H,8-11,15H2,1-3H3. The van der Waals surface area contributed by atoms with Crippen molar-refractivity contribution in [3.63, 3.8) is 0 Å². The molecule has 1 saturated heterocycles. The number of rotatable bonds is 4. The van der Waals surface area contributed by atoms with Crippen LogP contribution in [0, 0.1) is 20.8 Å². The highest BCUT2D eigenvalue weighted by Gasteiger charge is 2.23. The van der Waals surface area contributed by atoms with Gasteiger partial charge in [0.05, 0.1) is 6.54 Å². The fourth-order valence-corrected chi connectivity index (χ4v) is 3.72. The van der Waals surface area contributed by atoms with Gasteiger partial charge < -0.3 is 9.42 Å². The van der Waals surface area contributed by atoms with E-state index in [0.29, 0.717) is 31.3 Å². The first kappa shape index (κ1) is 19.3. The molecule has 6 heteroatoms. The maximum absolute atomic E-state index is 12.8. The minimum absolute atomic E-state index is 0.107. The molecule has 0 radical (unpaired) electrons. The van der Waals surface area contributed by atoms with Crippen molar-refractivity contribution >= 4 is 5.91 Å². The molecule has 1 fully saturated rings. The summed E-state index contributed by atoms with van der Waals surface area (Å²) in [6.45, 7) is 9.68. The molecule has 1 aliphatic rings. The summed E-state index contributed by atoms with van der Waals surface area (Å²) < 4.78 is 5.44. The molecule has 0 bridgehead atoms. The zero-order chi connectivity index (χ0) is 20.4. The molecule has 2 aromatic carbocycles. The Hall–Kier alpha value is -2.99. The van der Waals surface area contributed by atoms with Gasteiger partial charge in [0.2, 0.25) is 11.7 Å². The molecule has 1 amide bonds. The van der Waals surface area contributed by atoms with E-state index < -0.39 is 0 Å². The molecule has 0 spiro atoms. The molecule has 0 atom stereocenters. The van der Waals surface area contributed by atoms with Crippen molar-refractivity contribution in [2.75, 3.05) is 26.2 Å². The lowest BCUT2D eigenvalue weighted by molar-refractivity contribution is 0.0615. The zero-order valence-electron chi connectivity index (χ0n) is 17.2. The van der Waals surface area contributed by atoms with Crippen LogP contribution in [0.3, 0.4) is 0 Å². The number of carbonyl (C=O) groups excluding carboxylic acids is 1. The second-order valence-corrected chi connectivity index (χ2v) is 7.82. The van der Waals surface area contributed by atoms with E-state index in [1.54, 1.807) is 0 Å². The van der Waals surface area contributed by atoms with Gasteiger partial charge in [-0.05, 0) is 32.9 Å². The molecule has 150 valence electrons. The molecule has 1 aliphatic heterocycles. The fourth-order valence-electron chi connectivity index (χ4n) is 3.72. The largest absolute Gasteiger partial charge is 0.338 e. The number of hydrogen-bond acceptors (Lipinski definition) is 5. The lowest BCUT2D eigenvalue weighted by Crippen LogP contribution is -2.48. The Bertz CT molecular complexity index is 982. The molecule has 0 saturated carbocycles. The smallest absolute Gasteiger partial charge is 0.253 e. The van der Waals surface area contributed by atoms with Gasteiger partial charge in [0.25, 0.3) is 5.91 Å². The molecule has 6 nitrogen and oxygen atoms in total. The van der Waals surface area contributed by atoms with Gasteiger partial charge in [-0.15, -0.1) is 0 Å². The Balaban J connectivity index is 1.34. The number of aromatic nitrogens is 2. The summed E-state index contributed by atoms with van der Waals surface area (Å²) in [5.41, 5.74) is 5.16. The molecule has 0 N–H and O–H groups in total. The number of aryl methyl sites for hydroxylation is 3. The van der Waals surface area contributed by atoms with Crippen LogP contribution in [0.1, 0.15) is 32.9 Å². The Labute approximate surface area is 171 Å². The van der Waals surface area contributed by atoms with Gasteiger partial charge in [-0.3, -0.25) is 9.69 Å². The topological polar surface area (TPSA) is 62.5 Å². The summed E-state index contributed by atoms with van der Waals surface area (Å²) in [6, 6.07) is 14.1.